The van der Waals surface area contributed by atoms with Crippen LogP contribution in [0.25, 0.3) is 0 Å². The van der Waals surface area contributed by atoms with Gasteiger partial charge in [0.15, 0.2) is 11.5 Å². The first kappa shape index (κ1) is 16.1. The average molecular weight is 351 g/mol. The minimum atomic E-state index is -0.526. The van der Waals surface area contributed by atoms with Crippen molar-refractivity contribution >= 4 is 5.91 Å². The molecule has 8 nitrogen and oxygen atoms in total. The van der Waals surface area contributed by atoms with Gasteiger partial charge in [-0.3, -0.25) is 4.79 Å². The Hall–Kier alpha value is -3.42. The molecule has 0 saturated heterocycles. The van der Waals surface area contributed by atoms with Gasteiger partial charge in [-0.2, -0.15) is 0 Å². The standard InChI is InChI=1S/C18H17N5O3/c24-18(19-10-14-6-7-16-17(9-14)26-12-25-16)15(23-11-20-21-22-23)8-13-4-2-1-3-5-13/h1-7,9,11,15H,8,10,12H2,(H,19,24)/t15-/m0/s1. The number of carbonyl (C=O) groups excluding carboxylic acids is 1. The van der Waals surface area contributed by atoms with Crippen molar-refractivity contribution in [2.45, 2.75) is 19.0 Å². The predicted octanol–water partition coefficient (Wildman–Crippen LogP) is 1.50. The first-order valence-corrected chi connectivity index (χ1v) is 8.22. The van der Waals surface area contributed by atoms with Gasteiger partial charge in [0.05, 0.1) is 0 Å². The molecule has 0 radical (unpaired) electrons. The van der Waals surface area contributed by atoms with E-state index in [-0.39, 0.29) is 12.7 Å². The van der Waals surface area contributed by atoms with E-state index in [1.165, 1.54) is 11.0 Å². The number of hydrogen-bond acceptors (Lipinski definition) is 6. The van der Waals surface area contributed by atoms with Crippen LogP contribution in [0.1, 0.15) is 17.2 Å². The number of tetrazole rings is 1. The second-order valence-corrected chi connectivity index (χ2v) is 5.90. The fraction of sp³-hybridized carbons (Fsp3) is 0.222. The van der Waals surface area contributed by atoms with Crippen molar-refractivity contribution in [1.82, 2.24) is 25.5 Å². The van der Waals surface area contributed by atoms with E-state index < -0.39 is 6.04 Å². The van der Waals surface area contributed by atoms with Crippen LogP contribution in [0.15, 0.2) is 54.9 Å². The molecule has 1 aromatic heterocycles. The van der Waals surface area contributed by atoms with Crippen molar-refractivity contribution in [2.75, 3.05) is 6.79 Å². The smallest absolute Gasteiger partial charge is 0.245 e. The van der Waals surface area contributed by atoms with E-state index in [0.29, 0.717) is 18.7 Å². The molecule has 1 N–H and O–H groups in total. The molecular formula is C18H17N5O3. The minimum absolute atomic E-state index is 0.154. The molecule has 8 heteroatoms. The summed E-state index contributed by atoms with van der Waals surface area (Å²) in [7, 11) is 0. The first-order chi connectivity index (χ1) is 12.8. The van der Waals surface area contributed by atoms with Gasteiger partial charge in [-0.15, -0.1) is 5.10 Å². The molecule has 2 aromatic carbocycles. The lowest BCUT2D eigenvalue weighted by molar-refractivity contribution is -0.124. The van der Waals surface area contributed by atoms with Crippen molar-refractivity contribution in [3.05, 3.63) is 66.0 Å². The summed E-state index contributed by atoms with van der Waals surface area (Å²) >= 11 is 0. The summed E-state index contributed by atoms with van der Waals surface area (Å²) in [6.45, 7) is 0.604. The maximum Gasteiger partial charge on any atom is 0.245 e. The minimum Gasteiger partial charge on any atom is -0.454 e. The fourth-order valence-electron chi connectivity index (χ4n) is 2.81. The molecule has 1 atom stereocenters. The van der Waals surface area contributed by atoms with Crippen molar-refractivity contribution in [2.24, 2.45) is 0 Å². The van der Waals surface area contributed by atoms with Crippen LogP contribution < -0.4 is 14.8 Å². The van der Waals surface area contributed by atoms with Gasteiger partial charge in [-0.1, -0.05) is 36.4 Å². The van der Waals surface area contributed by atoms with Gasteiger partial charge >= 0.3 is 0 Å². The normalized spacial score (nSPS) is 13.4. The van der Waals surface area contributed by atoms with Gasteiger partial charge in [-0.05, 0) is 33.7 Å². The lowest BCUT2D eigenvalue weighted by Gasteiger charge is -2.16. The molecule has 2 heterocycles. The Kier molecular flexibility index (Phi) is 4.46. The van der Waals surface area contributed by atoms with Crippen LogP contribution in [-0.2, 0) is 17.8 Å². The third-order valence-electron chi connectivity index (χ3n) is 4.16. The highest BCUT2D eigenvalue weighted by Gasteiger charge is 2.22. The Balaban J connectivity index is 1.46. The van der Waals surface area contributed by atoms with Crippen LogP contribution in [0.5, 0.6) is 11.5 Å². The fourth-order valence-corrected chi connectivity index (χ4v) is 2.81. The van der Waals surface area contributed by atoms with Crippen molar-refractivity contribution in [1.29, 1.82) is 0 Å². The molecular weight excluding hydrogens is 334 g/mol. The molecule has 0 unspecified atom stereocenters. The van der Waals surface area contributed by atoms with Gasteiger partial charge < -0.3 is 14.8 Å². The third-order valence-corrected chi connectivity index (χ3v) is 4.16. The molecule has 1 aliphatic rings. The Labute approximate surface area is 149 Å². The Morgan fingerprint density at radius 2 is 1.96 bits per heavy atom. The first-order valence-electron chi connectivity index (χ1n) is 8.22. The lowest BCUT2D eigenvalue weighted by Crippen LogP contribution is -2.34. The Morgan fingerprint density at radius 3 is 2.77 bits per heavy atom. The molecule has 4 rings (SSSR count). The number of rotatable bonds is 6. The average Bonchev–Trinajstić information content (AvgIpc) is 3.36. The van der Waals surface area contributed by atoms with Crippen LogP contribution >= 0.6 is 0 Å². The largest absolute Gasteiger partial charge is 0.454 e. The van der Waals surface area contributed by atoms with Gasteiger partial charge in [-0.25, -0.2) is 4.68 Å². The summed E-state index contributed by atoms with van der Waals surface area (Å²) in [6.07, 6.45) is 1.95. The van der Waals surface area contributed by atoms with E-state index in [4.69, 9.17) is 9.47 Å². The molecule has 0 spiro atoms. The predicted molar refractivity (Wildman–Crippen MR) is 91.4 cm³/mol. The number of benzene rings is 2. The third kappa shape index (κ3) is 3.49. The van der Waals surface area contributed by atoms with Crippen molar-refractivity contribution < 1.29 is 14.3 Å². The quantitative estimate of drug-likeness (QED) is 0.724. The zero-order valence-electron chi connectivity index (χ0n) is 13.9. The topological polar surface area (TPSA) is 91.2 Å². The summed E-state index contributed by atoms with van der Waals surface area (Å²) in [4.78, 5) is 12.8. The second kappa shape index (κ2) is 7.22. The van der Waals surface area contributed by atoms with Gasteiger partial charge in [0, 0.05) is 13.0 Å². The number of aromatic nitrogens is 4. The van der Waals surface area contributed by atoms with Crippen LogP contribution in [0.2, 0.25) is 0 Å². The number of nitrogens with zero attached hydrogens (tertiary/aromatic N) is 4. The Morgan fingerprint density at radius 1 is 1.12 bits per heavy atom. The maximum atomic E-state index is 12.8. The summed E-state index contributed by atoms with van der Waals surface area (Å²) in [5, 5.41) is 14.1. The molecule has 0 fully saturated rings. The van der Waals surface area contributed by atoms with Crippen molar-refractivity contribution in [3.8, 4) is 11.5 Å². The van der Waals surface area contributed by atoms with E-state index in [1.807, 2.05) is 48.5 Å². The Bertz CT molecular complexity index is 883. The molecule has 1 amide bonds. The zero-order chi connectivity index (χ0) is 17.8. The molecule has 0 bridgehead atoms. The van der Waals surface area contributed by atoms with E-state index in [1.54, 1.807) is 0 Å². The molecule has 0 saturated carbocycles. The number of carbonyl (C=O) groups is 1. The summed E-state index contributed by atoms with van der Waals surface area (Å²) in [5.74, 6) is 1.26. The summed E-state index contributed by atoms with van der Waals surface area (Å²) in [5.41, 5.74) is 1.96. The second-order valence-electron chi connectivity index (χ2n) is 5.90. The van der Waals surface area contributed by atoms with Crippen LogP contribution in [-0.4, -0.2) is 32.9 Å². The van der Waals surface area contributed by atoms with E-state index in [2.05, 4.69) is 20.8 Å². The van der Waals surface area contributed by atoms with Crippen LogP contribution in [0.3, 0.4) is 0 Å². The molecule has 26 heavy (non-hydrogen) atoms. The van der Waals surface area contributed by atoms with Crippen LogP contribution in [0, 0.1) is 0 Å². The maximum absolute atomic E-state index is 12.8. The van der Waals surface area contributed by atoms with Crippen LogP contribution in [0.4, 0.5) is 0 Å². The number of nitrogens with one attached hydrogen (secondary N) is 1. The number of amides is 1. The SMILES string of the molecule is O=C(NCc1ccc2c(c1)OCO2)[C@H](Cc1ccccc1)n1cnnn1. The van der Waals surface area contributed by atoms with E-state index in [9.17, 15) is 4.79 Å². The summed E-state index contributed by atoms with van der Waals surface area (Å²) < 4.78 is 12.1. The molecule has 1 aliphatic heterocycles. The number of ether oxygens (including phenoxy) is 2. The van der Waals surface area contributed by atoms with Gasteiger partial charge in [0.2, 0.25) is 12.7 Å². The summed E-state index contributed by atoms with van der Waals surface area (Å²) in [6, 6.07) is 14.9. The zero-order valence-corrected chi connectivity index (χ0v) is 13.9. The highest BCUT2D eigenvalue weighted by molar-refractivity contribution is 5.80. The number of hydrogen-bond donors (Lipinski definition) is 1. The number of fused-ring (bicyclic) bond motifs is 1. The van der Waals surface area contributed by atoms with Crippen molar-refractivity contribution in [3.63, 3.8) is 0 Å². The van der Waals surface area contributed by atoms with Gasteiger partial charge in [0.25, 0.3) is 0 Å². The molecule has 3 aromatic rings. The van der Waals surface area contributed by atoms with Gasteiger partial charge in [0.1, 0.15) is 12.4 Å². The lowest BCUT2D eigenvalue weighted by atomic mass is 10.1. The monoisotopic (exact) mass is 351 g/mol. The van der Waals surface area contributed by atoms with E-state index >= 15 is 0 Å². The molecule has 132 valence electrons. The highest BCUT2D eigenvalue weighted by Crippen LogP contribution is 2.32. The highest BCUT2D eigenvalue weighted by atomic mass is 16.7. The van der Waals surface area contributed by atoms with E-state index in [0.717, 1.165) is 16.9 Å². The molecule has 0 aliphatic carbocycles.